The van der Waals surface area contributed by atoms with Crippen molar-refractivity contribution in [3.8, 4) is 0 Å². The van der Waals surface area contributed by atoms with Crippen LogP contribution in [-0.4, -0.2) is 52.6 Å². The second kappa shape index (κ2) is 6.08. The van der Waals surface area contributed by atoms with Crippen molar-refractivity contribution < 1.29 is 18.7 Å². The van der Waals surface area contributed by atoms with Crippen molar-refractivity contribution in [1.29, 1.82) is 0 Å². The molecule has 0 aliphatic carbocycles. The van der Waals surface area contributed by atoms with Gasteiger partial charge in [-0.05, 0) is 18.9 Å². The van der Waals surface area contributed by atoms with E-state index in [0.717, 1.165) is 6.42 Å². The fourth-order valence-electron chi connectivity index (χ4n) is 2.11. The van der Waals surface area contributed by atoms with E-state index < -0.39 is 31.0 Å². The number of nitrogens with zero attached hydrogens (tertiary/aromatic N) is 3. The Labute approximate surface area is 114 Å². The summed E-state index contributed by atoms with van der Waals surface area (Å²) >= 11 is 0. The number of hydrogen-bond donors (Lipinski definition) is 2. The van der Waals surface area contributed by atoms with Gasteiger partial charge in [-0.25, -0.2) is 18.7 Å². The molecule has 1 aromatic rings. The third-order valence-electron chi connectivity index (χ3n) is 3.12. The molecule has 6 nitrogen and oxygen atoms in total. The average molecular weight is 286 g/mol. The van der Waals surface area contributed by atoms with Crippen molar-refractivity contribution in [1.82, 2.24) is 15.3 Å². The van der Waals surface area contributed by atoms with E-state index in [1.807, 2.05) is 0 Å². The van der Waals surface area contributed by atoms with Crippen LogP contribution in [0.3, 0.4) is 0 Å². The predicted octanol–water partition coefficient (Wildman–Crippen LogP) is 0.189. The quantitative estimate of drug-likeness (QED) is 0.808. The first-order valence-corrected chi connectivity index (χ1v) is 6.33. The molecule has 1 unspecified atom stereocenters. The number of alkyl halides is 2. The Balaban J connectivity index is 1.99. The molecule has 8 heteroatoms. The van der Waals surface area contributed by atoms with Gasteiger partial charge in [0.25, 0.3) is 5.92 Å². The largest absolute Gasteiger partial charge is 0.390 e. The van der Waals surface area contributed by atoms with Crippen LogP contribution in [0.1, 0.15) is 12.8 Å². The maximum absolute atomic E-state index is 12.9. The maximum Gasteiger partial charge on any atom is 0.287 e. The highest BCUT2D eigenvalue weighted by molar-refractivity contribution is 5.85. The first-order chi connectivity index (χ1) is 9.53. The fourth-order valence-corrected chi connectivity index (χ4v) is 2.11. The molecule has 0 saturated carbocycles. The van der Waals surface area contributed by atoms with Crippen molar-refractivity contribution in [2.75, 3.05) is 24.6 Å². The summed E-state index contributed by atoms with van der Waals surface area (Å²) in [7, 11) is 0. The molecule has 2 N–H and O–H groups in total. The van der Waals surface area contributed by atoms with Crippen LogP contribution in [0, 0.1) is 0 Å². The van der Waals surface area contributed by atoms with E-state index >= 15 is 0 Å². The number of nitrogens with one attached hydrogen (secondary N) is 1. The number of aromatic nitrogens is 2. The number of anilines is 1. The Kier molecular flexibility index (Phi) is 4.43. The lowest BCUT2D eigenvalue weighted by atomic mass is 10.2. The molecule has 1 fully saturated rings. The average Bonchev–Trinajstić information content (AvgIpc) is 2.95. The van der Waals surface area contributed by atoms with Gasteiger partial charge in [-0.3, -0.25) is 4.79 Å². The maximum atomic E-state index is 12.9. The Morgan fingerprint density at radius 2 is 2.20 bits per heavy atom. The summed E-state index contributed by atoms with van der Waals surface area (Å²) in [6.07, 6.45) is 4.46. The van der Waals surface area contributed by atoms with E-state index in [-0.39, 0.29) is 0 Å². The molecular formula is C12H16F2N4O2. The van der Waals surface area contributed by atoms with Crippen LogP contribution in [-0.2, 0) is 4.79 Å². The van der Waals surface area contributed by atoms with Gasteiger partial charge in [0, 0.05) is 18.9 Å². The molecule has 1 aliphatic heterocycles. The van der Waals surface area contributed by atoms with Gasteiger partial charge in [-0.15, -0.1) is 0 Å². The Morgan fingerprint density at radius 1 is 1.50 bits per heavy atom. The zero-order chi connectivity index (χ0) is 14.6. The summed E-state index contributed by atoms with van der Waals surface area (Å²) in [6, 6.07) is 1.11. The molecule has 0 bridgehead atoms. The van der Waals surface area contributed by atoms with Crippen molar-refractivity contribution in [3.05, 3.63) is 18.5 Å². The monoisotopic (exact) mass is 286 g/mol. The number of aliphatic hydroxyl groups is 1. The highest BCUT2D eigenvalue weighted by Crippen LogP contribution is 2.22. The molecule has 0 aromatic carbocycles. The summed E-state index contributed by atoms with van der Waals surface area (Å²) in [5, 5.41) is 10.6. The molecular weight excluding hydrogens is 270 g/mol. The van der Waals surface area contributed by atoms with Gasteiger partial charge in [0.05, 0.1) is 6.54 Å². The minimum Gasteiger partial charge on any atom is -0.390 e. The number of amides is 1. The van der Waals surface area contributed by atoms with E-state index in [2.05, 4.69) is 15.3 Å². The smallest absolute Gasteiger partial charge is 0.287 e. The summed E-state index contributed by atoms with van der Waals surface area (Å²) in [5.41, 5.74) is 0. The van der Waals surface area contributed by atoms with E-state index in [9.17, 15) is 13.6 Å². The molecule has 20 heavy (non-hydrogen) atoms. The van der Waals surface area contributed by atoms with E-state index in [0.29, 0.717) is 18.9 Å². The lowest BCUT2D eigenvalue weighted by Crippen LogP contribution is -2.48. The molecule has 0 spiro atoms. The molecule has 2 heterocycles. The van der Waals surface area contributed by atoms with Gasteiger partial charge < -0.3 is 15.3 Å². The molecule has 110 valence electrons. The highest BCUT2D eigenvalue weighted by Gasteiger charge is 2.35. The SMILES string of the molecule is O=C(NCC(F)(F)CO)C1CCCN1c1ncccn1. The Bertz CT molecular complexity index is 458. The number of carbonyl (C=O) groups excluding carboxylic acids is 1. The minimum atomic E-state index is -3.30. The van der Waals surface area contributed by atoms with Crippen molar-refractivity contribution in [2.24, 2.45) is 0 Å². The number of halogens is 2. The van der Waals surface area contributed by atoms with Gasteiger partial charge >= 0.3 is 0 Å². The van der Waals surface area contributed by atoms with Crippen LogP contribution in [0.2, 0.25) is 0 Å². The van der Waals surface area contributed by atoms with Gasteiger partial charge in [0.15, 0.2) is 0 Å². The van der Waals surface area contributed by atoms with Gasteiger partial charge in [0.1, 0.15) is 12.6 Å². The van der Waals surface area contributed by atoms with Crippen molar-refractivity contribution >= 4 is 11.9 Å². The third-order valence-corrected chi connectivity index (χ3v) is 3.12. The van der Waals surface area contributed by atoms with Crippen LogP contribution >= 0.6 is 0 Å². The summed E-state index contributed by atoms with van der Waals surface area (Å²) in [6.45, 7) is -1.55. The molecule has 0 radical (unpaired) electrons. The minimum absolute atomic E-state index is 0.416. The summed E-state index contributed by atoms with van der Waals surface area (Å²) < 4.78 is 25.8. The van der Waals surface area contributed by atoms with E-state index in [4.69, 9.17) is 5.11 Å². The topological polar surface area (TPSA) is 78.4 Å². The van der Waals surface area contributed by atoms with Crippen molar-refractivity contribution in [3.63, 3.8) is 0 Å². The number of carbonyl (C=O) groups is 1. The Morgan fingerprint density at radius 3 is 2.85 bits per heavy atom. The van der Waals surface area contributed by atoms with Crippen LogP contribution in [0.4, 0.5) is 14.7 Å². The van der Waals surface area contributed by atoms with Gasteiger partial charge in [-0.2, -0.15) is 0 Å². The van der Waals surface area contributed by atoms with Crippen molar-refractivity contribution in [2.45, 2.75) is 24.8 Å². The molecule has 1 saturated heterocycles. The Hall–Kier alpha value is -1.83. The lowest BCUT2D eigenvalue weighted by molar-refractivity contribution is -0.125. The van der Waals surface area contributed by atoms with Gasteiger partial charge in [0.2, 0.25) is 11.9 Å². The van der Waals surface area contributed by atoms with Crippen LogP contribution in [0.25, 0.3) is 0 Å². The highest BCUT2D eigenvalue weighted by atomic mass is 19.3. The lowest BCUT2D eigenvalue weighted by Gasteiger charge is -2.24. The number of rotatable bonds is 5. The second-order valence-electron chi connectivity index (χ2n) is 4.63. The van der Waals surface area contributed by atoms with E-state index in [1.165, 1.54) is 0 Å². The van der Waals surface area contributed by atoms with Crippen LogP contribution < -0.4 is 10.2 Å². The molecule has 1 amide bonds. The molecule has 2 rings (SSSR count). The fraction of sp³-hybridized carbons (Fsp3) is 0.583. The van der Waals surface area contributed by atoms with Crippen LogP contribution in [0.15, 0.2) is 18.5 Å². The molecule has 1 aromatic heterocycles. The predicted molar refractivity (Wildman–Crippen MR) is 67.4 cm³/mol. The molecule has 1 atom stereocenters. The summed E-state index contributed by atoms with van der Waals surface area (Å²) in [5.74, 6) is -3.38. The van der Waals surface area contributed by atoms with Gasteiger partial charge in [-0.1, -0.05) is 0 Å². The normalized spacial score (nSPS) is 19.1. The first-order valence-electron chi connectivity index (χ1n) is 6.33. The number of aliphatic hydroxyl groups excluding tert-OH is 1. The van der Waals surface area contributed by atoms with Crippen LogP contribution in [0.5, 0.6) is 0 Å². The zero-order valence-corrected chi connectivity index (χ0v) is 10.8. The summed E-state index contributed by atoms with van der Waals surface area (Å²) in [4.78, 5) is 21.8. The third kappa shape index (κ3) is 3.38. The standard InChI is InChI=1S/C12H16F2N4O2/c13-12(14,8-19)7-17-10(20)9-3-1-6-18(9)11-15-4-2-5-16-11/h2,4-5,9,19H,1,3,6-8H2,(H,17,20). The zero-order valence-electron chi connectivity index (χ0n) is 10.8. The second-order valence-corrected chi connectivity index (χ2v) is 4.63. The van der Waals surface area contributed by atoms with E-state index in [1.54, 1.807) is 23.4 Å². The number of hydrogen-bond acceptors (Lipinski definition) is 5. The first kappa shape index (κ1) is 14.6. The molecule has 1 aliphatic rings.